The van der Waals surface area contributed by atoms with E-state index >= 15 is 0 Å². The molecule has 0 unspecified atom stereocenters. The summed E-state index contributed by atoms with van der Waals surface area (Å²) >= 11 is 3.10. The smallest absolute Gasteiger partial charge is 0.239 e. The summed E-state index contributed by atoms with van der Waals surface area (Å²) in [6, 6.07) is 14.1. The average Bonchev–Trinajstić information content (AvgIpc) is 3.10. The van der Waals surface area contributed by atoms with E-state index in [1.165, 1.54) is 16.9 Å². The monoisotopic (exact) mass is 465 g/mol. The summed E-state index contributed by atoms with van der Waals surface area (Å²) in [6.07, 6.45) is 0. The second-order valence-electron chi connectivity index (χ2n) is 7.01. The molecule has 0 fully saturated rings. The van der Waals surface area contributed by atoms with Crippen molar-refractivity contribution in [3.63, 3.8) is 0 Å². The first kappa shape index (κ1) is 24.5. The number of likely N-dealkylation sites (N-methyl/N-ethyl adjacent to an activating group) is 1. The Hall–Kier alpha value is -1.80. The highest BCUT2D eigenvalue weighted by Crippen LogP contribution is 2.32. The molecule has 1 aromatic heterocycles. The Morgan fingerprint density at radius 3 is 2.53 bits per heavy atom. The highest BCUT2D eigenvalue weighted by molar-refractivity contribution is 8.00. The van der Waals surface area contributed by atoms with E-state index in [1.807, 2.05) is 44.1 Å². The number of nitrogens with zero attached hydrogens (tertiary/aromatic N) is 3. The van der Waals surface area contributed by atoms with Gasteiger partial charge in [0.05, 0.1) is 22.6 Å². The van der Waals surface area contributed by atoms with Gasteiger partial charge in [-0.15, -0.1) is 24.2 Å². The number of anilines is 1. The molecule has 30 heavy (non-hydrogen) atoms. The Labute approximate surface area is 192 Å². The number of rotatable bonds is 9. The van der Waals surface area contributed by atoms with Gasteiger partial charge < -0.3 is 9.64 Å². The largest absolute Gasteiger partial charge is 0.494 e. The molecule has 1 heterocycles. The van der Waals surface area contributed by atoms with Crippen molar-refractivity contribution in [2.24, 2.45) is 0 Å². The van der Waals surface area contributed by atoms with Gasteiger partial charge in [-0.05, 0) is 58.3 Å². The van der Waals surface area contributed by atoms with Crippen molar-refractivity contribution in [2.45, 2.75) is 18.7 Å². The summed E-state index contributed by atoms with van der Waals surface area (Å²) in [6.45, 7) is 6.04. The molecule has 162 valence electrons. The summed E-state index contributed by atoms with van der Waals surface area (Å²) in [7, 11) is 4.02. The predicted octanol–water partition coefficient (Wildman–Crippen LogP) is 5.11. The van der Waals surface area contributed by atoms with E-state index in [0.717, 1.165) is 32.5 Å². The second-order valence-corrected chi connectivity index (χ2v) is 9.07. The molecule has 0 aliphatic rings. The number of carbonyl (C=O) groups is 1. The van der Waals surface area contributed by atoms with Crippen molar-refractivity contribution in [1.82, 2.24) is 9.88 Å². The fraction of sp³-hybridized carbons (Fsp3) is 0.364. The van der Waals surface area contributed by atoms with Gasteiger partial charge >= 0.3 is 0 Å². The number of hydrogen-bond acceptors (Lipinski definition) is 6. The van der Waals surface area contributed by atoms with Gasteiger partial charge in [0.1, 0.15) is 5.75 Å². The van der Waals surface area contributed by atoms with Crippen LogP contribution in [-0.4, -0.2) is 55.3 Å². The maximum absolute atomic E-state index is 13.1. The van der Waals surface area contributed by atoms with Crippen LogP contribution < -0.4 is 9.64 Å². The number of halogens is 1. The van der Waals surface area contributed by atoms with Gasteiger partial charge in [-0.25, -0.2) is 4.98 Å². The van der Waals surface area contributed by atoms with E-state index in [0.29, 0.717) is 18.9 Å². The molecule has 0 aliphatic heterocycles. The number of aromatic nitrogens is 1. The molecule has 8 heteroatoms. The van der Waals surface area contributed by atoms with Gasteiger partial charge in [0.2, 0.25) is 5.91 Å². The number of thiazole rings is 1. The van der Waals surface area contributed by atoms with Crippen molar-refractivity contribution in [1.29, 1.82) is 0 Å². The molecular weight excluding hydrogens is 438 g/mol. The van der Waals surface area contributed by atoms with E-state index in [2.05, 4.69) is 36.1 Å². The van der Waals surface area contributed by atoms with Gasteiger partial charge in [-0.2, -0.15) is 0 Å². The Morgan fingerprint density at radius 2 is 1.87 bits per heavy atom. The third-order valence-electron chi connectivity index (χ3n) is 4.35. The normalized spacial score (nSPS) is 10.8. The molecule has 0 spiro atoms. The van der Waals surface area contributed by atoms with E-state index in [9.17, 15) is 4.79 Å². The SMILES string of the molecule is CCOc1ccc2nc(N(CCN(C)C)C(=O)CSc3ccc(C)cc3)sc2c1.Cl. The van der Waals surface area contributed by atoms with Crippen LogP contribution in [0.1, 0.15) is 12.5 Å². The van der Waals surface area contributed by atoms with Crippen LogP contribution >= 0.6 is 35.5 Å². The number of fused-ring (bicyclic) bond motifs is 1. The molecule has 1 amide bonds. The lowest BCUT2D eigenvalue weighted by Gasteiger charge is -2.21. The molecule has 0 saturated heterocycles. The van der Waals surface area contributed by atoms with Gasteiger partial charge in [0.15, 0.2) is 5.13 Å². The lowest BCUT2D eigenvalue weighted by atomic mass is 10.2. The molecule has 3 aromatic rings. The number of ether oxygens (including phenoxy) is 1. The molecule has 0 bridgehead atoms. The maximum atomic E-state index is 13.1. The third-order valence-corrected chi connectivity index (χ3v) is 6.38. The summed E-state index contributed by atoms with van der Waals surface area (Å²) < 4.78 is 6.62. The minimum Gasteiger partial charge on any atom is -0.494 e. The quantitative estimate of drug-likeness (QED) is 0.411. The van der Waals surface area contributed by atoms with E-state index in [1.54, 1.807) is 11.8 Å². The summed E-state index contributed by atoms with van der Waals surface area (Å²) in [5.41, 5.74) is 2.11. The lowest BCUT2D eigenvalue weighted by molar-refractivity contribution is -0.116. The van der Waals surface area contributed by atoms with Crippen molar-refractivity contribution in [3.05, 3.63) is 48.0 Å². The Balaban J connectivity index is 0.00000320. The van der Waals surface area contributed by atoms with Crippen LogP contribution in [0.2, 0.25) is 0 Å². The molecule has 0 radical (unpaired) electrons. The van der Waals surface area contributed by atoms with Crippen LogP contribution in [0.25, 0.3) is 10.2 Å². The second kappa shape index (κ2) is 11.6. The lowest BCUT2D eigenvalue weighted by Crippen LogP contribution is -2.37. The number of aryl methyl sites for hydroxylation is 1. The van der Waals surface area contributed by atoms with Gasteiger partial charge in [0, 0.05) is 18.0 Å². The number of carbonyl (C=O) groups excluding carboxylic acids is 1. The Morgan fingerprint density at radius 1 is 1.13 bits per heavy atom. The van der Waals surface area contributed by atoms with E-state index in [4.69, 9.17) is 9.72 Å². The summed E-state index contributed by atoms with van der Waals surface area (Å²) in [4.78, 5) is 22.8. The topological polar surface area (TPSA) is 45.7 Å². The molecule has 0 aliphatic carbocycles. The zero-order chi connectivity index (χ0) is 20.8. The first-order valence-electron chi connectivity index (χ1n) is 9.64. The zero-order valence-corrected chi connectivity index (χ0v) is 20.2. The predicted molar refractivity (Wildman–Crippen MR) is 131 cm³/mol. The summed E-state index contributed by atoms with van der Waals surface area (Å²) in [5.74, 6) is 1.29. The first-order valence-corrected chi connectivity index (χ1v) is 11.4. The molecule has 5 nitrogen and oxygen atoms in total. The fourth-order valence-corrected chi connectivity index (χ4v) is 4.56. The molecular formula is C22H28ClN3O2S2. The van der Waals surface area contributed by atoms with Gasteiger partial charge in [-0.1, -0.05) is 29.0 Å². The van der Waals surface area contributed by atoms with Crippen molar-refractivity contribution in [3.8, 4) is 5.75 Å². The molecule has 0 N–H and O–H groups in total. The number of amides is 1. The zero-order valence-electron chi connectivity index (χ0n) is 17.8. The average molecular weight is 466 g/mol. The van der Waals surface area contributed by atoms with Crippen LogP contribution in [0.15, 0.2) is 47.4 Å². The van der Waals surface area contributed by atoms with Crippen molar-refractivity contribution in [2.75, 3.05) is 44.4 Å². The standard InChI is InChI=1S/C22H27N3O2S2.ClH/c1-5-27-17-8-11-19-20(14-17)29-22(23-19)25(13-12-24(3)4)21(26)15-28-18-9-6-16(2)7-10-18;/h6-11,14H,5,12-13,15H2,1-4H3;1H. The van der Waals surface area contributed by atoms with Crippen molar-refractivity contribution >= 4 is 56.8 Å². The van der Waals surface area contributed by atoms with Crippen LogP contribution in [0.4, 0.5) is 5.13 Å². The first-order chi connectivity index (χ1) is 14.0. The Bertz CT molecular complexity index is 961. The van der Waals surface area contributed by atoms with E-state index < -0.39 is 0 Å². The molecule has 3 rings (SSSR count). The Kier molecular flexibility index (Phi) is 9.42. The number of hydrogen-bond donors (Lipinski definition) is 0. The minimum absolute atomic E-state index is 0. The van der Waals surface area contributed by atoms with Crippen LogP contribution in [-0.2, 0) is 4.79 Å². The van der Waals surface area contributed by atoms with Crippen LogP contribution in [0.5, 0.6) is 5.75 Å². The van der Waals surface area contributed by atoms with Crippen LogP contribution in [0.3, 0.4) is 0 Å². The highest BCUT2D eigenvalue weighted by atomic mass is 35.5. The van der Waals surface area contributed by atoms with Crippen molar-refractivity contribution < 1.29 is 9.53 Å². The number of benzene rings is 2. The number of thioether (sulfide) groups is 1. The fourth-order valence-electron chi connectivity index (χ4n) is 2.75. The van der Waals surface area contributed by atoms with Gasteiger partial charge in [-0.3, -0.25) is 9.69 Å². The maximum Gasteiger partial charge on any atom is 0.239 e. The van der Waals surface area contributed by atoms with E-state index in [-0.39, 0.29) is 18.3 Å². The molecule has 2 aromatic carbocycles. The third kappa shape index (κ3) is 6.60. The molecule has 0 atom stereocenters. The highest BCUT2D eigenvalue weighted by Gasteiger charge is 2.20. The van der Waals surface area contributed by atoms with Crippen LogP contribution in [0, 0.1) is 6.92 Å². The molecule has 0 saturated carbocycles. The summed E-state index contributed by atoms with van der Waals surface area (Å²) in [5, 5.41) is 0.741. The minimum atomic E-state index is 0. The van der Waals surface area contributed by atoms with Gasteiger partial charge in [0.25, 0.3) is 0 Å².